The van der Waals surface area contributed by atoms with Crippen LogP contribution in [-0.4, -0.2) is 19.0 Å². The Bertz CT molecular complexity index is 643. The Morgan fingerprint density at radius 1 is 1.14 bits per heavy atom. The molecule has 0 saturated carbocycles. The van der Waals surface area contributed by atoms with Crippen LogP contribution in [0.1, 0.15) is 17.3 Å². The highest BCUT2D eigenvalue weighted by Gasteiger charge is 2.13. The molecule has 0 unspecified atom stereocenters. The molecule has 110 valence electrons. The highest BCUT2D eigenvalue weighted by molar-refractivity contribution is 9.10. The van der Waals surface area contributed by atoms with E-state index in [9.17, 15) is 9.18 Å². The first-order chi connectivity index (χ1) is 10.1. The third-order valence-electron chi connectivity index (χ3n) is 2.74. The molecule has 2 aromatic rings. The molecule has 0 heterocycles. The van der Waals surface area contributed by atoms with Crippen molar-refractivity contribution in [2.45, 2.75) is 6.92 Å². The summed E-state index contributed by atoms with van der Waals surface area (Å²) in [6, 6.07) is 11.0. The van der Waals surface area contributed by atoms with Crippen LogP contribution in [0, 0.1) is 5.82 Å². The van der Waals surface area contributed by atoms with E-state index in [0.29, 0.717) is 22.4 Å². The maximum atomic E-state index is 13.2. The monoisotopic (exact) mass is 352 g/mol. The summed E-state index contributed by atoms with van der Waals surface area (Å²) in [6.45, 7) is 2.13. The van der Waals surface area contributed by atoms with Crippen molar-refractivity contribution in [3.63, 3.8) is 0 Å². The van der Waals surface area contributed by atoms with Gasteiger partial charge in [0, 0.05) is 6.07 Å². The number of Topliss-reactive ketones (excluding diaryl/α,β-unsaturated/α-hetero) is 1. The number of rotatable bonds is 6. The van der Waals surface area contributed by atoms with Crippen molar-refractivity contribution in [2.24, 2.45) is 0 Å². The lowest BCUT2D eigenvalue weighted by atomic mass is 10.1. The number of para-hydroxylation sites is 1. The van der Waals surface area contributed by atoms with Crippen molar-refractivity contribution in [1.82, 2.24) is 0 Å². The zero-order valence-electron chi connectivity index (χ0n) is 11.4. The number of ether oxygens (including phenoxy) is 2. The molecule has 0 spiro atoms. The normalized spacial score (nSPS) is 10.2. The van der Waals surface area contributed by atoms with Crippen molar-refractivity contribution in [3.05, 3.63) is 58.3 Å². The molecule has 5 heteroatoms. The van der Waals surface area contributed by atoms with Crippen LogP contribution in [0.5, 0.6) is 11.5 Å². The second kappa shape index (κ2) is 7.22. The van der Waals surface area contributed by atoms with Gasteiger partial charge in [-0.1, -0.05) is 12.1 Å². The van der Waals surface area contributed by atoms with Gasteiger partial charge in [0.15, 0.2) is 6.61 Å². The van der Waals surface area contributed by atoms with Gasteiger partial charge in [-0.3, -0.25) is 4.79 Å². The summed E-state index contributed by atoms with van der Waals surface area (Å²) in [5, 5.41) is 0. The smallest absolute Gasteiger partial charge is 0.203 e. The van der Waals surface area contributed by atoms with Gasteiger partial charge in [0.1, 0.15) is 17.3 Å². The van der Waals surface area contributed by atoms with Crippen LogP contribution in [0.4, 0.5) is 4.39 Å². The van der Waals surface area contributed by atoms with Crippen LogP contribution in [0.25, 0.3) is 0 Å². The van der Waals surface area contributed by atoms with Gasteiger partial charge in [-0.25, -0.2) is 4.39 Å². The van der Waals surface area contributed by atoms with Crippen molar-refractivity contribution in [3.8, 4) is 11.5 Å². The fourth-order valence-electron chi connectivity index (χ4n) is 1.79. The van der Waals surface area contributed by atoms with Crippen molar-refractivity contribution < 1.29 is 18.7 Å². The minimum absolute atomic E-state index is 0.188. The fraction of sp³-hybridized carbons (Fsp3) is 0.188. The summed E-state index contributed by atoms with van der Waals surface area (Å²) in [5.41, 5.74) is 0.451. The first-order valence-electron chi connectivity index (χ1n) is 6.44. The molecule has 0 aliphatic heterocycles. The summed E-state index contributed by atoms with van der Waals surface area (Å²) in [4.78, 5) is 12.2. The lowest BCUT2D eigenvalue weighted by Crippen LogP contribution is -2.13. The molecule has 0 N–H and O–H groups in total. The van der Waals surface area contributed by atoms with Gasteiger partial charge in [0.05, 0.1) is 16.6 Å². The van der Waals surface area contributed by atoms with Crippen molar-refractivity contribution >= 4 is 21.7 Å². The van der Waals surface area contributed by atoms with Gasteiger partial charge in [-0.2, -0.15) is 0 Å². The second-order valence-electron chi connectivity index (χ2n) is 4.22. The van der Waals surface area contributed by atoms with E-state index in [1.807, 2.05) is 6.92 Å². The maximum Gasteiger partial charge on any atom is 0.203 e. The molecule has 0 aliphatic rings. The average molecular weight is 353 g/mol. The van der Waals surface area contributed by atoms with Crippen LogP contribution < -0.4 is 9.47 Å². The molecule has 0 fully saturated rings. The van der Waals surface area contributed by atoms with Gasteiger partial charge < -0.3 is 9.47 Å². The van der Waals surface area contributed by atoms with E-state index in [1.165, 1.54) is 18.2 Å². The molecule has 0 amide bonds. The number of halogens is 2. The summed E-state index contributed by atoms with van der Waals surface area (Å²) >= 11 is 3.25. The van der Waals surface area contributed by atoms with Gasteiger partial charge >= 0.3 is 0 Å². The average Bonchev–Trinajstić information content (AvgIpc) is 2.49. The Morgan fingerprint density at radius 3 is 2.67 bits per heavy atom. The van der Waals surface area contributed by atoms with Crippen LogP contribution in [0.15, 0.2) is 46.9 Å². The van der Waals surface area contributed by atoms with Crippen LogP contribution in [0.3, 0.4) is 0 Å². The van der Waals surface area contributed by atoms with Gasteiger partial charge in [-0.15, -0.1) is 0 Å². The largest absolute Gasteiger partial charge is 0.493 e. The van der Waals surface area contributed by atoms with Crippen molar-refractivity contribution in [2.75, 3.05) is 13.2 Å². The summed E-state index contributed by atoms with van der Waals surface area (Å²) < 4.78 is 24.5. The molecule has 21 heavy (non-hydrogen) atoms. The molecule has 0 saturated heterocycles. The third-order valence-corrected chi connectivity index (χ3v) is 3.39. The molecule has 0 aliphatic carbocycles. The summed E-state index contributed by atoms with van der Waals surface area (Å²) in [7, 11) is 0. The van der Waals surface area contributed by atoms with E-state index in [0.717, 1.165) is 0 Å². The van der Waals surface area contributed by atoms with E-state index in [-0.39, 0.29) is 18.1 Å². The molecule has 0 atom stereocenters. The molecule has 0 radical (unpaired) electrons. The minimum Gasteiger partial charge on any atom is -0.493 e. The van der Waals surface area contributed by atoms with Crippen LogP contribution >= 0.6 is 15.9 Å². The quantitative estimate of drug-likeness (QED) is 0.729. The SMILES string of the molecule is CCOc1ccccc1C(=O)COc1cc(F)ccc1Br. The van der Waals surface area contributed by atoms with E-state index in [2.05, 4.69) is 15.9 Å². The summed E-state index contributed by atoms with van der Waals surface area (Å²) in [5.74, 6) is 0.162. The second-order valence-corrected chi connectivity index (χ2v) is 5.07. The predicted molar refractivity (Wildman–Crippen MR) is 81.5 cm³/mol. The Hall–Kier alpha value is -1.88. The fourth-order valence-corrected chi connectivity index (χ4v) is 2.15. The van der Waals surface area contributed by atoms with E-state index < -0.39 is 5.82 Å². The summed E-state index contributed by atoms with van der Waals surface area (Å²) in [6.07, 6.45) is 0. The number of hydrogen-bond donors (Lipinski definition) is 0. The predicted octanol–water partition coefficient (Wildman–Crippen LogP) is 4.25. The van der Waals surface area contributed by atoms with Gasteiger partial charge in [0.2, 0.25) is 5.78 Å². The molecule has 0 bridgehead atoms. The molecule has 2 aromatic carbocycles. The highest BCUT2D eigenvalue weighted by atomic mass is 79.9. The standard InChI is InChI=1S/C16H14BrFO3/c1-2-20-15-6-4-3-5-12(15)14(19)10-21-16-9-11(18)7-8-13(16)17/h3-9H,2,10H2,1H3. The maximum absolute atomic E-state index is 13.2. The highest BCUT2D eigenvalue weighted by Crippen LogP contribution is 2.26. The van der Waals surface area contributed by atoms with E-state index in [4.69, 9.17) is 9.47 Å². The Labute approximate surface area is 130 Å². The molecule has 2 rings (SSSR count). The Balaban J connectivity index is 2.10. The van der Waals surface area contributed by atoms with E-state index >= 15 is 0 Å². The zero-order valence-corrected chi connectivity index (χ0v) is 13.0. The number of carbonyl (C=O) groups is 1. The van der Waals surface area contributed by atoms with Crippen LogP contribution in [0.2, 0.25) is 0 Å². The Morgan fingerprint density at radius 2 is 1.90 bits per heavy atom. The molecular weight excluding hydrogens is 339 g/mol. The van der Waals surface area contributed by atoms with Crippen molar-refractivity contribution in [1.29, 1.82) is 0 Å². The first kappa shape index (κ1) is 15.5. The zero-order chi connectivity index (χ0) is 15.2. The minimum atomic E-state index is -0.421. The number of benzene rings is 2. The molecule has 0 aromatic heterocycles. The third kappa shape index (κ3) is 4.04. The topological polar surface area (TPSA) is 35.5 Å². The number of ketones is 1. The number of carbonyl (C=O) groups excluding carboxylic acids is 1. The first-order valence-corrected chi connectivity index (χ1v) is 7.24. The lowest BCUT2D eigenvalue weighted by molar-refractivity contribution is 0.0917. The van der Waals surface area contributed by atoms with Gasteiger partial charge in [-0.05, 0) is 47.1 Å². The molecular formula is C16H14BrFO3. The number of hydrogen-bond acceptors (Lipinski definition) is 3. The van der Waals surface area contributed by atoms with E-state index in [1.54, 1.807) is 24.3 Å². The lowest BCUT2D eigenvalue weighted by Gasteiger charge is -2.11. The van der Waals surface area contributed by atoms with Crippen LogP contribution in [-0.2, 0) is 0 Å². The van der Waals surface area contributed by atoms with Gasteiger partial charge in [0.25, 0.3) is 0 Å². The molecule has 3 nitrogen and oxygen atoms in total. The Kier molecular flexibility index (Phi) is 5.33.